The van der Waals surface area contributed by atoms with Crippen LogP contribution in [0.25, 0.3) is 4.96 Å². The maximum Gasteiger partial charge on any atom is 0.258 e. The summed E-state index contributed by atoms with van der Waals surface area (Å²) < 4.78 is 14.4. The average Bonchev–Trinajstić information content (AvgIpc) is 2.91. The van der Waals surface area contributed by atoms with Crippen molar-refractivity contribution in [1.82, 2.24) is 14.7 Å². The number of aromatic nitrogens is 2. The van der Waals surface area contributed by atoms with Crippen LogP contribution >= 0.6 is 11.3 Å². The molecule has 3 rings (SSSR count). The smallest absolute Gasteiger partial charge is 0.258 e. The number of hydrogen-bond acceptors (Lipinski definition) is 4. The molecule has 0 bridgehead atoms. The van der Waals surface area contributed by atoms with Crippen molar-refractivity contribution in [2.24, 2.45) is 0 Å². The second-order valence-corrected chi connectivity index (χ2v) is 5.93. The monoisotopic (exact) mass is 331 g/mol. The number of benzene rings is 1. The van der Waals surface area contributed by atoms with Crippen molar-refractivity contribution in [3.8, 4) is 0 Å². The van der Waals surface area contributed by atoms with Crippen LogP contribution < -0.4 is 10.9 Å². The summed E-state index contributed by atoms with van der Waals surface area (Å²) >= 11 is 1.40. The van der Waals surface area contributed by atoms with Gasteiger partial charge in [0.2, 0.25) is 0 Å². The van der Waals surface area contributed by atoms with E-state index in [4.69, 9.17) is 0 Å². The molecule has 0 aliphatic heterocycles. The first kappa shape index (κ1) is 15.4. The van der Waals surface area contributed by atoms with Crippen molar-refractivity contribution in [3.05, 3.63) is 68.8 Å². The topological polar surface area (TPSA) is 63.5 Å². The molecule has 0 saturated heterocycles. The van der Waals surface area contributed by atoms with E-state index >= 15 is 0 Å². The van der Waals surface area contributed by atoms with Gasteiger partial charge < -0.3 is 5.32 Å². The van der Waals surface area contributed by atoms with E-state index in [-0.39, 0.29) is 17.3 Å². The summed E-state index contributed by atoms with van der Waals surface area (Å²) in [7, 11) is 0. The minimum atomic E-state index is -0.381. The van der Waals surface area contributed by atoms with Crippen molar-refractivity contribution >= 4 is 22.2 Å². The van der Waals surface area contributed by atoms with Gasteiger partial charge >= 0.3 is 0 Å². The van der Waals surface area contributed by atoms with Gasteiger partial charge in [-0.3, -0.25) is 14.0 Å². The number of carbonyl (C=O) groups excluding carboxylic acids is 1. The zero-order chi connectivity index (χ0) is 16.4. The highest BCUT2D eigenvalue weighted by molar-refractivity contribution is 7.15. The number of thiazole rings is 1. The molecule has 0 radical (unpaired) electrons. The highest BCUT2D eigenvalue weighted by Gasteiger charge is 2.09. The molecule has 0 aliphatic rings. The van der Waals surface area contributed by atoms with Crippen molar-refractivity contribution in [2.75, 3.05) is 6.54 Å². The molecule has 0 saturated carbocycles. The van der Waals surface area contributed by atoms with Gasteiger partial charge in [-0.1, -0.05) is 0 Å². The van der Waals surface area contributed by atoms with E-state index in [0.29, 0.717) is 29.2 Å². The van der Waals surface area contributed by atoms with E-state index in [1.165, 1.54) is 41.7 Å². The molecule has 23 heavy (non-hydrogen) atoms. The van der Waals surface area contributed by atoms with Gasteiger partial charge in [0.05, 0.1) is 0 Å². The summed E-state index contributed by atoms with van der Waals surface area (Å²) in [5.74, 6) is -0.653. The number of hydrogen-bond donors (Lipinski definition) is 1. The fraction of sp³-hybridized carbons (Fsp3) is 0.188. The predicted octanol–water partition coefficient (Wildman–Crippen LogP) is 2.18. The van der Waals surface area contributed by atoms with Gasteiger partial charge in [-0.15, -0.1) is 11.3 Å². The van der Waals surface area contributed by atoms with Gasteiger partial charge in [0, 0.05) is 41.4 Å². The lowest BCUT2D eigenvalue weighted by Gasteiger charge is -2.05. The molecule has 118 valence electrons. The molecular weight excluding hydrogens is 317 g/mol. The zero-order valence-corrected chi connectivity index (χ0v) is 13.2. The number of nitrogens with zero attached hydrogens (tertiary/aromatic N) is 2. The van der Waals surface area contributed by atoms with E-state index < -0.39 is 0 Å². The van der Waals surface area contributed by atoms with Crippen LogP contribution in [0.1, 0.15) is 21.7 Å². The van der Waals surface area contributed by atoms with Crippen molar-refractivity contribution < 1.29 is 9.18 Å². The summed E-state index contributed by atoms with van der Waals surface area (Å²) in [6, 6.07) is 6.84. The van der Waals surface area contributed by atoms with Crippen LogP contribution in [0, 0.1) is 12.7 Å². The van der Waals surface area contributed by atoms with E-state index in [1.807, 2.05) is 5.38 Å². The lowest BCUT2D eigenvalue weighted by atomic mass is 10.2. The van der Waals surface area contributed by atoms with E-state index in [0.717, 1.165) is 5.69 Å². The molecule has 3 aromatic rings. The first-order chi connectivity index (χ1) is 11.0. The first-order valence-electron chi connectivity index (χ1n) is 7.05. The van der Waals surface area contributed by atoms with Crippen molar-refractivity contribution in [2.45, 2.75) is 13.3 Å². The summed E-state index contributed by atoms with van der Waals surface area (Å²) in [5.41, 5.74) is 1.78. The highest BCUT2D eigenvalue weighted by atomic mass is 32.1. The molecular formula is C16H14FN3O2S. The molecule has 0 unspecified atom stereocenters. The molecule has 1 aromatic carbocycles. The Bertz CT molecular complexity index is 915. The maximum atomic E-state index is 12.8. The van der Waals surface area contributed by atoms with Crippen LogP contribution in [0.3, 0.4) is 0 Å². The third-order valence-electron chi connectivity index (χ3n) is 3.38. The molecule has 0 atom stereocenters. The lowest BCUT2D eigenvalue weighted by Crippen LogP contribution is -2.26. The summed E-state index contributed by atoms with van der Waals surface area (Å²) in [6.45, 7) is 2.16. The number of aryl methyl sites for hydroxylation is 1. The van der Waals surface area contributed by atoms with Gasteiger partial charge in [-0.25, -0.2) is 9.37 Å². The Labute approximate surface area is 135 Å². The SMILES string of the molecule is Cc1cc(=O)n2c(CCNC(=O)c3ccc(F)cc3)csc2n1. The second-order valence-electron chi connectivity index (χ2n) is 5.09. The van der Waals surface area contributed by atoms with Crippen LogP contribution in [-0.2, 0) is 6.42 Å². The molecule has 7 heteroatoms. The number of halogens is 1. The van der Waals surface area contributed by atoms with Crippen LogP contribution in [-0.4, -0.2) is 21.8 Å². The Morgan fingerprint density at radius 2 is 2.09 bits per heavy atom. The Morgan fingerprint density at radius 1 is 1.35 bits per heavy atom. The Hall–Kier alpha value is -2.54. The third kappa shape index (κ3) is 3.29. The zero-order valence-electron chi connectivity index (χ0n) is 12.4. The molecule has 2 aromatic heterocycles. The Kier molecular flexibility index (Phi) is 4.20. The lowest BCUT2D eigenvalue weighted by molar-refractivity contribution is 0.0954. The van der Waals surface area contributed by atoms with Crippen LogP contribution in [0.2, 0.25) is 0 Å². The summed E-state index contributed by atoms with van der Waals surface area (Å²) in [6.07, 6.45) is 0.511. The number of amides is 1. The molecule has 0 aliphatic carbocycles. The highest BCUT2D eigenvalue weighted by Crippen LogP contribution is 2.13. The van der Waals surface area contributed by atoms with Crippen LogP contribution in [0.4, 0.5) is 4.39 Å². The van der Waals surface area contributed by atoms with Crippen LogP contribution in [0.15, 0.2) is 40.5 Å². The third-order valence-corrected chi connectivity index (χ3v) is 4.25. The quantitative estimate of drug-likeness (QED) is 0.797. The minimum Gasteiger partial charge on any atom is -0.352 e. The first-order valence-corrected chi connectivity index (χ1v) is 7.93. The van der Waals surface area contributed by atoms with Crippen molar-refractivity contribution in [3.63, 3.8) is 0 Å². The van der Waals surface area contributed by atoms with E-state index in [2.05, 4.69) is 10.3 Å². The van der Waals surface area contributed by atoms with E-state index in [1.54, 1.807) is 11.3 Å². The van der Waals surface area contributed by atoms with Gasteiger partial charge in [0.1, 0.15) is 5.82 Å². The minimum absolute atomic E-state index is 0.117. The maximum absolute atomic E-state index is 12.8. The molecule has 1 N–H and O–H groups in total. The van der Waals surface area contributed by atoms with Gasteiger partial charge in [-0.2, -0.15) is 0 Å². The molecule has 5 nitrogen and oxygen atoms in total. The number of rotatable bonds is 4. The van der Waals surface area contributed by atoms with Gasteiger partial charge in [0.15, 0.2) is 4.96 Å². The molecule has 1 amide bonds. The van der Waals surface area contributed by atoms with Crippen molar-refractivity contribution in [1.29, 1.82) is 0 Å². The molecule has 0 fully saturated rings. The standard InChI is InChI=1S/C16H14FN3O2S/c1-10-8-14(21)20-13(9-23-16(20)19-10)6-7-18-15(22)11-2-4-12(17)5-3-11/h2-5,8-9H,6-7H2,1H3,(H,18,22). The van der Waals surface area contributed by atoms with E-state index in [9.17, 15) is 14.0 Å². The normalized spacial score (nSPS) is 10.9. The fourth-order valence-electron chi connectivity index (χ4n) is 2.27. The van der Waals surface area contributed by atoms with Crippen LogP contribution in [0.5, 0.6) is 0 Å². The predicted molar refractivity (Wildman–Crippen MR) is 86.5 cm³/mol. The number of fused-ring (bicyclic) bond motifs is 1. The van der Waals surface area contributed by atoms with Gasteiger partial charge in [-0.05, 0) is 31.2 Å². The summed E-state index contributed by atoms with van der Waals surface area (Å²) in [5, 5.41) is 4.63. The average molecular weight is 331 g/mol. The second kappa shape index (κ2) is 6.29. The fourth-order valence-corrected chi connectivity index (χ4v) is 3.24. The molecule has 2 heterocycles. The summed E-state index contributed by atoms with van der Waals surface area (Å²) in [4.78, 5) is 28.9. The number of nitrogens with one attached hydrogen (secondary N) is 1. The Balaban J connectivity index is 1.68. The van der Waals surface area contributed by atoms with Gasteiger partial charge in [0.25, 0.3) is 11.5 Å². The largest absolute Gasteiger partial charge is 0.352 e. The molecule has 0 spiro atoms. The Morgan fingerprint density at radius 3 is 2.83 bits per heavy atom. The number of carbonyl (C=O) groups is 1.